The summed E-state index contributed by atoms with van der Waals surface area (Å²) in [5.41, 5.74) is 1.26. The molecule has 7 nitrogen and oxygen atoms in total. The molecule has 0 aliphatic carbocycles. The van der Waals surface area contributed by atoms with Crippen LogP contribution in [0.15, 0.2) is 24.4 Å². The number of nitrogens with zero attached hydrogens (tertiary/aromatic N) is 4. The quantitative estimate of drug-likeness (QED) is 0.658. The van der Waals surface area contributed by atoms with Crippen LogP contribution in [-0.2, 0) is 13.1 Å². The third-order valence-electron chi connectivity index (χ3n) is 2.74. The van der Waals surface area contributed by atoms with Gasteiger partial charge in [-0.15, -0.1) is 0 Å². The fourth-order valence-corrected chi connectivity index (χ4v) is 1.87. The molecule has 0 atom stereocenters. The smallest absolute Gasteiger partial charge is 0.333 e. The molecule has 0 unspecified atom stereocenters. The van der Waals surface area contributed by atoms with Crippen molar-refractivity contribution in [2.75, 3.05) is 5.32 Å². The van der Waals surface area contributed by atoms with E-state index in [1.54, 1.807) is 17.8 Å². The number of pyridine rings is 1. The van der Waals surface area contributed by atoms with Gasteiger partial charge in [-0.25, -0.2) is 4.68 Å². The average Bonchev–Trinajstić information content (AvgIpc) is 2.73. The first-order valence-corrected chi connectivity index (χ1v) is 5.99. The van der Waals surface area contributed by atoms with Crippen molar-refractivity contribution in [3.05, 3.63) is 45.9 Å². The van der Waals surface area contributed by atoms with Crippen molar-refractivity contribution < 1.29 is 4.92 Å². The van der Waals surface area contributed by atoms with Gasteiger partial charge in [0, 0.05) is 12.7 Å². The Kier molecular flexibility index (Phi) is 3.74. The minimum Gasteiger partial charge on any atom is -0.359 e. The summed E-state index contributed by atoms with van der Waals surface area (Å²) in [6.45, 7) is 4.52. The Morgan fingerprint density at radius 1 is 1.47 bits per heavy atom. The van der Waals surface area contributed by atoms with Crippen molar-refractivity contribution in [1.82, 2.24) is 14.8 Å². The van der Waals surface area contributed by atoms with Gasteiger partial charge in [-0.3, -0.25) is 15.1 Å². The third kappa shape index (κ3) is 2.70. The zero-order valence-electron chi connectivity index (χ0n) is 10.8. The van der Waals surface area contributed by atoms with Crippen LogP contribution in [0.25, 0.3) is 0 Å². The second-order valence-corrected chi connectivity index (χ2v) is 4.03. The molecule has 0 radical (unpaired) electrons. The van der Waals surface area contributed by atoms with Gasteiger partial charge in [0.1, 0.15) is 5.69 Å². The molecule has 0 amide bonds. The van der Waals surface area contributed by atoms with Gasteiger partial charge in [0.05, 0.1) is 17.2 Å². The first-order valence-electron chi connectivity index (χ1n) is 5.99. The number of nitrogens with one attached hydrogen (secondary N) is 1. The number of hydrogen-bond donors (Lipinski definition) is 1. The van der Waals surface area contributed by atoms with Gasteiger partial charge in [-0.05, 0) is 26.0 Å². The van der Waals surface area contributed by atoms with Gasteiger partial charge in [-0.2, -0.15) is 5.10 Å². The summed E-state index contributed by atoms with van der Waals surface area (Å²) >= 11 is 0. The molecule has 1 N–H and O–H groups in total. The van der Waals surface area contributed by atoms with E-state index in [-0.39, 0.29) is 5.69 Å². The van der Waals surface area contributed by atoms with Crippen LogP contribution in [0, 0.1) is 17.0 Å². The number of rotatable bonds is 5. The summed E-state index contributed by atoms with van der Waals surface area (Å²) in [7, 11) is 0. The number of hydrogen-bond acceptors (Lipinski definition) is 5. The average molecular weight is 261 g/mol. The van der Waals surface area contributed by atoms with E-state index < -0.39 is 4.92 Å². The summed E-state index contributed by atoms with van der Waals surface area (Å²) in [6.07, 6.45) is 1.69. The summed E-state index contributed by atoms with van der Waals surface area (Å²) in [5, 5.41) is 18.3. The monoisotopic (exact) mass is 261 g/mol. The van der Waals surface area contributed by atoms with Crippen LogP contribution in [0.5, 0.6) is 0 Å². The van der Waals surface area contributed by atoms with Crippen LogP contribution in [0.2, 0.25) is 0 Å². The fraction of sp³-hybridized carbons (Fsp3) is 0.333. The van der Waals surface area contributed by atoms with E-state index in [0.717, 1.165) is 5.69 Å². The molecule has 0 aromatic carbocycles. The van der Waals surface area contributed by atoms with E-state index >= 15 is 0 Å². The summed E-state index contributed by atoms with van der Waals surface area (Å²) in [4.78, 5) is 14.8. The molecular formula is C12H15N5O2. The van der Waals surface area contributed by atoms with Gasteiger partial charge in [-0.1, -0.05) is 6.07 Å². The largest absolute Gasteiger partial charge is 0.359 e. The molecule has 0 fully saturated rings. The van der Waals surface area contributed by atoms with Crippen molar-refractivity contribution in [2.45, 2.75) is 26.9 Å². The second-order valence-electron chi connectivity index (χ2n) is 4.03. The third-order valence-corrected chi connectivity index (χ3v) is 2.74. The van der Waals surface area contributed by atoms with Gasteiger partial charge in [0.2, 0.25) is 5.82 Å². The van der Waals surface area contributed by atoms with E-state index in [9.17, 15) is 10.1 Å². The SMILES string of the molecule is CCn1nc(C)c([N+](=O)[O-])c1NCc1ccccn1. The lowest BCUT2D eigenvalue weighted by molar-refractivity contribution is -0.384. The lowest BCUT2D eigenvalue weighted by Crippen LogP contribution is -2.09. The van der Waals surface area contributed by atoms with Crippen molar-refractivity contribution in [3.8, 4) is 0 Å². The maximum atomic E-state index is 11.1. The zero-order chi connectivity index (χ0) is 13.8. The molecule has 0 saturated carbocycles. The van der Waals surface area contributed by atoms with Gasteiger partial charge in [0.25, 0.3) is 0 Å². The minimum atomic E-state index is -0.407. The zero-order valence-corrected chi connectivity index (χ0v) is 10.8. The van der Waals surface area contributed by atoms with Crippen LogP contribution in [0.4, 0.5) is 11.5 Å². The predicted molar refractivity (Wildman–Crippen MR) is 70.9 cm³/mol. The Labute approximate surface area is 110 Å². The number of aryl methyl sites for hydroxylation is 2. The van der Waals surface area contributed by atoms with E-state index in [1.165, 1.54) is 0 Å². The Morgan fingerprint density at radius 2 is 2.26 bits per heavy atom. The number of nitro groups is 1. The highest BCUT2D eigenvalue weighted by atomic mass is 16.6. The molecule has 0 aliphatic rings. The molecule has 0 saturated heterocycles. The topological polar surface area (TPSA) is 85.9 Å². The van der Waals surface area contributed by atoms with Crippen molar-refractivity contribution in [3.63, 3.8) is 0 Å². The van der Waals surface area contributed by atoms with Crippen molar-refractivity contribution in [1.29, 1.82) is 0 Å². The van der Waals surface area contributed by atoms with E-state index in [0.29, 0.717) is 24.6 Å². The lowest BCUT2D eigenvalue weighted by Gasteiger charge is -2.07. The molecule has 2 aromatic rings. The molecule has 2 aromatic heterocycles. The Balaban J connectivity index is 2.26. The number of aromatic nitrogens is 3. The molecule has 2 rings (SSSR count). The van der Waals surface area contributed by atoms with Gasteiger partial charge >= 0.3 is 5.69 Å². The Bertz CT molecular complexity index is 579. The Hall–Kier alpha value is -2.44. The Morgan fingerprint density at radius 3 is 2.84 bits per heavy atom. The van der Waals surface area contributed by atoms with Crippen LogP contribution >= 0.6 is 0 Å². The van der Waals surface area contributed by atoms with E-state index in [4.69, 9.17) is 0 Å². The maximum absolute atomic E-state index is 11.1. The standard InChI is InChI=1S/C12H15N5O2/c1-3-16-12(11(17(18)19)9(2)15-16)14-8-10-6-4-5-7-13-10/h4-7,14H,3,8H2,1-2H3. The molecular weight excluding hydrogens is 246 g/mol. The molecule has 0 aliphatic heterocycles. The fourth-order valence-electron chi connectivity index (χ4n) is 1.87. The first-order chi connectivity index (χ1) is 9.13. The van der Waals surface area contributed by atoms with E-state index in [1.807, 2.05) is 25.1 Å². The van der Waals surface area contributed by atoms with Crippen LogP contribution < -0.4 is 5.32 Å². The minimum absolute atomic E-state index is 0.0257. The molecule has 2 heterocycles. The van der Waals surface area contributed by atoms with Crippen LogP contribution in [0.3, 0.4) is 0 Å². The normalized spacial score (nSPS) is 10.4. The van der Waals surface area contributed by atoms with E-state index in [2.05, 4.69) is 15.4 Å². The highest BCUT2D eigenvalue weighted by molar-refractivity contribution is 5.59. The summed E-state index contributed by atoms with van der Waals surface area (Å²) < 4.78 is 1.59. The van der Waals surface area contributed by atoms with Crippen LogP contribution in [0.1, 0.15) is 18.3 Å². The maximum Gasteiger partial charge on any atom is 0.333 e. The second kappa shape index (κ2) is 5.47. The predicted octanol–water partition coefficient (Wildman–Crippen LogP) is 2.13. The van der Waals surface area contributed by atoms with Crippen molar-refractivity contribution >= 4 is 11.5 Å². The van der Waals surface area contributed by atoms with Gasteiger partial charge in [0.15, 0.2) is 0 Å². The molecule has 100 valence electrons. The summed E-state index contributed by atoms with van der Waals surface area (Å²) in [6, 6.07) is 5.56. The summed E-state index contributed by atoms with van der Waals surface area (Å²) in [5.74, 6) is 0.427. The van der Waals surface area contributed by atoms with Crippen LogP contribution in [-0.4, -0.2) is 19.7 Å². The van der Waals surface area contributed by atoms with Gasteiger partial charge < -0.3 is 5.32 Å². The number of anilines is 1. The molecule has 0 bridgehead atoms. The lowest BCUT2D eigenvalue weighted by atomic mass is 10.3. The highest BCUT2D eigenvalue weighted by Gasteiger charge is 2.24. The molecule has 7 heteroatoms. The molecule has 0 spiro atoms. The van der Waals surface area contributed by atoms with Crippen molar-refractivity contribution in [2.24, 2.45) is 0 Å². The first kappa shape index (κ1) is 13.0. The molecule has 19 heavy (non-hydrogen) atoms. The highest BCUT2D eigenvalue weighted by Crippen LogP contribution is 2.28.